The molecule has 0 unspecified atom stereocenters. The summed E-state index contributed by atoms with van der Waals surface area (Å²) < 4.78 is 0. The number of carboxylic acid groups (broad SMARTS) is 1. The lowest BCUT2D eigenvalue weighted by Crippen LogP contribution is -1.88. The largest absolute Gasteiger partial charge is 0.478 e. The first-order chi connectivity index (χ1) is 9.88. The summed E-state index contributed by atoms with van der Waals surface area (Å²) in [4.78, 5) is 10.6. The van der Waals surface area contributed by atoms with Crippen LogP contribution < -0.4 is 0 Å². The van der Waals surface area contributed by atoms with Gasteiger partial charge >= 0.3 is 5.97 Å². The van der Waals surface area contributed by atoms with Gasteiger partial charge in [0.05, 0.1) is 10.0 Å². The van der Waals surface area contributed by atoms with Crippen LogP contribution in [0.1, 0.15) is 5.56 Å². The van der Waals surface area contributed by atoms with Crippen molar-refractivity contribution in [2.75, 3.05) is 0 Å². The molecule has 0 saturated heterocycles. The van der Waals surface area contributed by atoms with Gasteiger partial charge in [0.1, 0.15) is 0 Å². The number of carboxylic acids is 1. The van der Waals surface area contributed by atoms with Crippen molar-refractivity contribution in [3.63, 3.8) is 0 Å². The monoisotopic (exact) mass is 360 g/mol. The molecule has 2 aromatic rings. The van der Waals surface area contributed by atoms with Crippen LogP contribution in [0.4, 0.5) is 0 Å². The zero-order valence-electron chi connectivity index (χ0n) is 10.4. The van der Waals surface area contributed by atoms with Gasteiger partial charge in [-0.2, -0.15) is 0 Å². The molecule has 0 heterocycles. The summed E-state index contributed by atoms with van der Waals surface area (Å²) in [6, 6.07) is 8.20. The summed E-state index contributed by atoms with van der Waals surface area (Å²) in [6.45, 7) is 0. The molecule has 0 bridgehead atoms. The summed E-state index contributed by atoms with van der Waals surface area (Å²) in [5.41, 5.74) is 1.83. The first kappa shape index (κ1) is 16.2. The Morgan fingerprint density at radius 2 is 1.57 bits per heavy atom. The van der Waals surface area contributed by atoms with Crippen LogP contribution >= 0.6 is 46.4 Å². The minimum atomic E-state index is -1.03. The second-order valence-corrected chi connectivity index (χ2v) is 5.81. The number of hydrogen-bond donors (Lipinski definition) is 1. The lowest BCUT2D eigenvalue weighted by atomic mass is 10.0. The quantitative estimate of drug-likeness (QED) is 0.674. The molecular formula is C15H8Cl4O2. The van der Waals surface area contributed by atoms with E-state index in [1.54, 1.807) is 30.3 Å². The molecule has 2 nitrogen and oxygen atoms in total. The third-order valence-electron chi connectivity index (χ3n) is 2.68. The van der Waals surface area contributed by atoms with Crippen LogP contribution in [-0.4, -0.2) is 11.1 Å². The third kappa shape index (κ3) is 3.92. The average molecular weight is 362 g/mol. The molecule has 0 aliphatic rings. The highest BCUT2D eigenvalue weighted by Crippen LogP contribution is 2.40. The maximum absolute atomic E-state index is 10.6. The Balaban J connectivity index is 2.59. The molecule has 0 radical (unpaired) electrons. The standard InChI is InChI=1S/C15H8Cl4O2/c16-9-6-12(18)15(13(19)7-9)10-5-8(1-3-11(10)17)2-4-14(20)21/h1-7H,(H,20,21)/b4-2+. The van der Waals surface area contributed by atoms with Crippen molar-refractivity contribution >= 4 is 58.4 Å². The minimum absolute atomic E-state index is 0.369. The number of benzene rings is 2. The number of carbonyl (C=O) groups is 1. The van der Waals surface area contributed by atoms with Crippen LogP contribution in [0.5, 0.6) is 0 Å². The number of aliphatic carboxylic acids is 1. The lowest BCUT2D eigenvalue weighted by molar-refractivity contribution is -0.131. The van der Waals surface area contributed by atoms with Gasteiger partial charge in [0, 0.05) is 27.2 Å². The van der Waals surface area contributed by atoms with Gasteiger partial charge in [0.2, 0.25) is 0 Å². The molecule has 0 fully saturated rings. The van der Waals surface area contributed by atoms with E-state index in [-0.39, 0.29) is 0 Å². The summed E-state index contributed by atoms with van der Waals surface area (Å²) >= 11 is 24.4. The van der Waals surface area contributed by atoms with E-state index in [1.165, 1.54) is 6.08 Å². The highest BCUT2D eigenvalue weighted by atomic mass is 35.5. The second kappa shape index (κ2) is 6.71. The topological polar surface area (TPSA) is 37.3 Å². The fraction of sp³-hybridized carbons (Fsp3) is 0. The summed E-state index contributed by atoms with van der Waals surface area (Å²) in [5, 5.41) is 10.3. The summed E-state index contributed by atoms with van der Waals surface area (Å²) in [7, 11) is 0. The Hall–Kier alpha value is -1.19. The third-order valence-corrected chi connectivity index (χ3v) is 3.83. The van der Waals surface area contributed by atoms with Gasteiger partial charge in [-0.25, -0.2) is 4.79 Å². The van der Waals surface area contributed by atoms with Crippen LogP contribution in [-0.2, 0) is 4.79 Å². The smallest absolute Gasteiger partial charge is 0.328 e. The molecule has 0 saturated carbocycles. The van der Waals surface area contributed by atoms with Gasteiger partial charge in [-0.05, 0) is 35.9 Å². The highest BCUT2D eigenvalue weighted by Gasteiger charge is 2.13. The maximum Gasteiger partial charge on any atom is 0.328 e. The second-order valence-electron chi connectivity index (χ2n) is 4.16. The molecule has 0 amide bonds. The number of halogens is 4. The van der Waals surface area contributed by atoms with Crippen molar-refractivity contribution in [2.45, 2.75) is 0 Å². The normalized spacial score (nSPS) is 11.0. The minimum Gasteiger partial charge on any atom is -0.478 e. The lowest BCUT2D eigenvalue weighted by Gasteiger charge is -2.11. The predicted molar refractivity (Wildman–Crippen MR) is 88.6 cm³/mol. The first-order valence-electron chi connectivity index (χ1n) is 5.74. The van der Waals surface area contributed by atoms with Crippen molar-refractivity contribution in [1.29, 1.82) is 0 Å². The van der Waals surface area contributed by atoms with Gasteiger partial charge in [-0.1, -0.05) is 52.5 Å². The zero-order chi connectivity index (χ0) is 15.6. The molecule has 0 spiro atoms. The fourth-order valence-electron chi connectivity index (χ4n) is 1.81. The Kier molecular flexibility index (Phi) is 5.17. The van der Waals surface area contributed by atoms with Crippen LogP contribution in [0.3, 0.4) is 0 Å². The van der Waals surface area contributed by atoms with Gasteiger partial charge in [0.15, 0.2) is 0 Å². The van der Waals surface area contributed by atoms with Crippen molar-refractivity contribution in [2.24, 2.45) is 0 Å². The van der Waals surface area contributed by atoms with Gasteiger partial charge in [-0.15, -0.1) is 0 Å². The molecule has 2 aromatic carbocycles. The Labute approximate surface area is 141 Å². The highest BCUT2D eigenvalue weighted by molar-refractivity contribution is 6.43. The van der Waals surface area contributed by atoms with Crippen LogP contribution in [0, 0.1) is 0 Å². The number of hydrogen-bond acceptors (Lipinski definition) is 1. The van der Waals surface area contributed by atoms with Crippen LogP contribution in [0.15, 0.2) is 36.4 Å². The first-order valence-corrected chi connectivity index (χ1v) is 7.25. The maximum atomic E-state index is 10.6. The molecule has 0 atom stereocenters. The van der Waals surface area contributed by atoms with Crippen LogP contribution in [0.2, 0.25) is 20.1 Å². The molecule has 6 heteroatoms. The van der Waals surface area contributed by atoms with E-state index in [9.17, 15) is 4.79 Å². The van der Waals surface area contributed by atoms with Gasteiger partial charge in [0.25, 0.3) is 0 Å². The number of rotatable bonds is 3. The van der Waals surface area contributed by atoms with Crippen molar-refractivity contribution in [3.05, 3.63) is 62.1 Å². The zero-order valence-corrected chi connectivity index (χ0v) is 13.4. The van der Waals surface area contributed by atoms with Crippen molar-refractivity contribution in [1.82, 2.24) is 0 Å². The Bertz CT molecular complexity index is 715. The fourth-order valence-corrected chi connectivity index (χ4v) is 3.04. The van der Waals surface area contributed by atoms with Crippen molar-refractivity contribution in [3.8, 4) is 11.1 Å². The van der Waals surface area contributed by atoms with E-state index in [2.05, 4.69) is 0 Å². The molecule has 0 aliphatic carbocycles. The van der Waals surface area contributed by atoms with E-state index in [0.717, 1.165) is 6.08 Å². The molecule has 0 aliphatic heterocycles. The molecular weight excluding hydrogens is 354 g/mol. The SMILES string of the molecule is O=C(O)/C=C/c1ccc(Cl)c(-c2c(Cl)cc(Cl)cc2Cl)c1. The van der Waals surface area contributed by atoms with E-state index in [0.29, 0.717) is 36.8 Å². The van der Waals surface area contributed by atoms with E-state index < -0.39 is 5.97 Å². The van der Waals surface area contributed by atoms with E-state index in [4.69, 9.17) is 51.5 Å². The summed E-state index contributed by atoms with van der Waals surface area (Å²) in [5.74, 6) is -1.03. The van der Waals surface area contributed by atoms with Crippen molar-refractivity contribution < 1.29 is 9.90 Å². The van der Waals surface area contributed by atoms with Gasteiger partial charge < -0.3 is 5.11 Å². The molecule has 2 rings (SSSR count). The molecule has 0 aromatic heterocycles. The van der Waals surface area contributed by atoms with E-state index in [1.807, 2.05) is 0 Å². The predicted octanol–water partition coefficient (Wildman–Crippen LogP) is 6.07. The van der Waals surface area contributed by atoms with Gasteiger partial charge in [-0.3, -0.25) is 0 Å². The van der Waals surface area contributed by atoms with Crippen LogP contribution in [0.25, 0.3) is 17.2 Å². The molecule has 21 heavy (non-hydrogen) atoms. The summed E-state index contributed by atoms with van der Waals surface area (Å²) in [6.07, 6.45) is 2.50. The Morgan fingerprint density at radius 1 is 0.952 bits per heavy atom. The average Bonchev–Trinajstić information content (AvgIpc) is 2.38. The molecule has 108 valence electrons. The van der Waals surface area contributed by atoms with E-state index >= 15 is 0 Å². The Morgan fingerprint density at radius 3 is 2.14 bits per heavy atom. The molecule has 1 N–H and O–H groups in total.